The Morgan fingerprint density at radius 3 is 2.09 bits per heavy atom. The van der Waals surface area contributed by atoms with Gasteiger partial charge in [-0.2, -0.15) is 0 Å². The number of unbranched alkanes of at least 4 members (excludes halogenated alkanes) is 1. The van der Waals surface area contributed by atoms with Crippen molar-refractivity contribution in [2.24, 2.45) is 11.5 Å². The van der Waals surface area contributed by atoms with Gasteiger partial charge < -0.3 is 47.7 Å². The lowest BCUT2D eigenvalue weighted by Gasteiger charge is -2.24. The van der Waals surface area contributed by atoms with Crippen molar-refractivity contribution in [1.82, 2.24) is 20.9 Å². The van der Waals surface area contributed by atoms with Gasteiger partial charge in [0.2, 0.25) is 17.7 Å². The summed E-state index contributed by atoms with van der Waals surface area (Å²) in [4.78, 5) is 66.0. The highest BCUT2D eigenvalue weighted by atomic mass is 16.4. The van der Waals surface area contributed by atoms with Crippen molar-refractivity contribution in [3.05, 3.63) is 65.9 Å². The molecule has 11 N–H and O–H groups in total. The third kappa shape index (κ3) is 9.81. The zero-order chi connectivity index (χ0) is 32.2. The SMILES string of the molecule is NCCCCC(NC(=O)C(N)Cc1ccc(O)cc1)C(=O)NC(CC(=O)O)C(=O)NC(Cc1c[nH]c2ccccc12)C(=O)O. The van der Waals surface area contributed by atoms with Crippen LogP contribution in [0.1, 0.15) is 36.8 Å². The third-order valence-corrected chi connectivity index (χ3v) is 7.03. The summed E-state index contributed by atoms with van der Waals surface area (Å²) in [5, 5.41) is 36.7. The molecule has 0 aliphatic carbocycles. The smallest absolute Gasteiger partial charge is 0.326 e. The zero-order valence-corrected chi connectivity index (χ0v) is 24.0. The second-order valence-corrected chi connectivity index (χ2v) is 10.4. The van der Waals surface area contributed by atoms with E-state index in [0.29, 0.717) is 30.5 Å². The number of aromatic hydroxyl groups is 1. The Balaban J connectivity index is 1.71. The number of H-pyrrole nitrogens is 1. The lowest BCUT2D eigenvalue weighted by molar-refractivity contribution is -0.143. The fourth-order valence-electron chi connectivity index (χ4n) is 4.67. The Morgan fingerprint density at radius 2 is 1.43 bits per heavy atom. The van der Waals surface area contributed by atoms with Crippen molar-refractivity contribution in [1.29, 1.82) is 0 Å². The first kappa shape index (κ1) is 33.6. The number of phenolic OH excluding ortho intramolecular Hbond substituents is 1. The molecule has 0 fully saturated rings. The second-order valence-electron chi connectivity index (χ2n) is 10.4. The number of carbonyl (C=O) groups is 5. The molecule has 4 atom stereocenters. The van der Waals surface area contributed by atoms with Gasteiger partial charge in [-0.3, -0.25) is 19.2 Å². The number of aliphatic carboxylic acids is 2. The molecule has 2 aromatic carbocycles. The van der Waals surface area contributed by atoms with Crippen molar-refractivity contribution >= 4 is 40.6 Å². The van der Waals surface area contributed by atoms with E-state index >= 15 is 0 Å². The van der Waals surface area contributed by atoms with Gasteiger partial charge in [-0.15, -0.1) is 0 Å². The van der Waals surface area contributed by atoms with Gasteiger partial charge in [-0.1, -0.05) is 30.3 Å². The summed E-state index contributed by atoms with van der Waals surface area (Å²) in [6.07, 6.45) is 1.90. The van der Waals surface area contributed by atoms with E-state index in [9.17, 15) is 39.3 Å². The number of nitrogens with one attached hydrogen (secondary N) is 4. The number of phenols is 1. The van der Waals surface area contributed by atoms with Crippen LogP contribution < -0.4 is 27.4 Å². The molecule has 14 heteroatoms. The van der Waals surface area contributed by atoms with Crippen molar-refractivity contribution in [2.45, 2.75) is 62.7 Å². The average molecular weight is 611 g/mol. The number of rotatable bonds is 17. The number of nitrogens with two attached hydrogens (primary N) is 2. The topological polar surface area (TPSA) is 250 Å². The molecule has 4 unspecified atom stereocenters. The van der Waals surface area contributed by atoms with Gasteiger partial charge in [0.05, 0.1) is 12.5 Å². The van der Waals surface area contributed by atoms with Crippen LogP contribution in [0.5, 0.6) is 5.75 Å². The van der Waals surface area contributed by atoms with Crippen molar-refractivity contribution in [3.63, 3.8) is 0 Å². The maximum absolute atomic E-state index is 13.3. The van der Waals surface area contributed by atoms with Gasteiger partial charge in [0, 0.05) is 23.5 Å². The van der Waals surface area contributed by atoms with E-state index in [0.717, 1.165) is 10.9 Å². The fraction of sp³-hybridized carbons (Fsp3) is 0.367. The number of fused-ring (bicyclic) bond motifs is 1. The minimum Gasteiger partial charge on any atom is -0.508 e. The van der Waals surface area contributed by atoms with E-state index < -0.39 is 60.2 Å². The molecule has 0 saturated heterocycles. The first-order valence-electron chi connectivity index (χ1n) is 14.1. The lowest BCUT2D eigenvalue weighted by atomic mass is 10.0. The highest BCUT2D eigenvalue weighted by molar-refractivity contribution is 5.96. The van der Waals surface area contributed by atoms with Gasteiger partial charge in [0.1, 0.15) is 23.9 Å². The summed E-state index contributed by atoms with van der Waals surface area (Å²) in [6, 6.07) is 8.03. The summed E-state index contributed by atoms with van der Waals surface area (Å²) < 4.78 is 0. The molecule has 1 aromatic heterocycles. The Hall–Kier alpha value is -4.95. The molecule has 0 bridgehead atoms. The molecule has 236 valence electrons. The van der Waals surface area contributed by atoms with Crippen LogP contribution in [-0.4, -0.2) is 80.7 Å². The normalized spacial score (nSPS) is 13.8. The Morgan fingerprint density at radius 1 is 0.795 bits per heavy atom. The molecular weight excluding hydrogens is 572 g/mol. The predicted octanol–water partition coefficient (Wildman–Crippen LogP) is 0.129. The monoisotopic (exact) mass is 610 g/mol. The molecule has 0 aliphatic rings. The van der Waals surface area contributed by atoms with Crippen LogP contribution in [-0.2, 0) is 36.8 Å². The van der Waals surface area contributed by atoms with E-state index in [1.807, 2.05) is 12.1 Å². The van der Waals surface area contributed by atoms with Crippen molar-refractivity contribution < 1.29 is 39.3 Å². The van der Waals surface area contributed by atoms with Crippen LogP contribution in [0.3, 0.4) is 0 Å². The summed E-state index contributed by atoms with van der Waals surface area (Å²) in [6.45, 7) is 0.333. The zero-order valence-electron chi connectivity index (χ0n) is 24.0. The van der Waals surface area contributed by atoms with Gasteiger partial charge >= 0.3 is 11.9 Å². The molecule has 3 rings (SSSR count). The van der Waals surface area contributed by atoms with Crippen LogP contribution in [0.2, 0.25) is 0 Å². The van der Waals surface area contributed by atoms with Crippen LogP contribution >= 0.6 is 0 Å². The number of benzene rings is 2. The van der Waals surface area contributed by atoms with Gasteiger partial charge in [0.15, 0.2) is 0 Å². The molecule has 14 nitrogen and oxygen atoms in total. The van der Waals surface area contributed by atoms with Gasteiger partial charge in [-0.25, -0.2) is 4.79 Å². The highest BCUT2D eigenvalue weighted by Crippen LogP contribution is 2.19. The van der Waals surface area contributed by atoms with E-state index in [4.69, 9.17) is 11.5 Å². The highest BCUT2D eigenvalue weighted by Gasteiger charge is 2.32. The number of hydrogen-bond acceptors (Lipinski definition) is 8. The summed E-state index contributed by atoms with van der Waals surface area (Å²) in [5.41, 5.74) is 13.7. The molecule has 1 heterocycles. The average Bonchev–Trinajstić information content (AvgIpc) is 3.39. The Bertz CT molecular complexity index is 1460. The number of amides is 3. The Labute approximate surface area is 253 Å². The first-order chi connectivity index (χ1) is 21.0. The van der Waals surface area contributed by atoms with E-state index in [1.165, 1.54) is 12.1 Å². The molecule has 3 amide bonds. The molecule has 0 radical (unpaired) electrons. The molecule has 0 aliphatic heterocycles. The second kappa shape index (κ2) is 16.0. The standard InChI is InChI=1S/C30H38N6O8/c31-12-4-3-7-23(34-27(40)21(32)13-17-8-10-19(37)11-9-17)28(41)35-24(15-26(38)39)29(42)36-25(30(43)44)14-18-16-33-22-6-2-1-5-20(18)22/h1-2,5-6,8-11,16,21,23-25,33,37H,3-4,7,12-15,31-32H2,(H,34,40)(H,35,41)(H,36,42)(H,38,39)(H,43,44). The van der Waals surface area contributed by atoms with E-state index in [1.54, 1.807) is 30.5 Å². The summed E-state index contributed by atoms with van der Waals surface area (Å²) in [5.74, 6) is -5.21. The van der Waals surface area contributed by atoms with Crippen LogP contribution in [0.15, 0.2) is 54.7 Å². The number of carbonyl (C=O) groups excluding carboxylic acids is 3. The van der Waals surface area contributed by atoms with Crippen LogP contribution in [0, 0.1) is 0 Å². The number of carboxylic acid groups (broad SMARTS) is 2. The molecule has 0 saturated carbocycles. The summed E-state index contributed by atoms with van der Waals surface area (Å²) >= 11 is 0. The van der Waals surface area contributed by atoms with Crippen molar-refractivity contribution in [2.75, 3.05) is 6.54 Å². The number of carboxylic acids is 2. The Kier molecular flexibility index (Phi) is 12.2. The number of hydrogen-bond donors (Lipinski definition) is 9. The minimum absolute atomic E-state index is 0.0519. The molecule has 0 spiro atoms. The van der Waals surface area contributed by atoms with E-state index in [2.05, 4.69) is 20.9 Å². The van der Waals surface area contributed by atoms with Crippen LogP contribution in [0.25, 0.3) is 10.9 Å². The lowest BCUT2D eigenvalue weighted by Crippen LogP contribution is -2.57. The van der Waals surface area contributed by atoms with Gasteiger partial charge in [-0.05, 0) is 61.6 Å². The quantitative estimate of drug-likeness (QED) is 0.0934. The van der Waals surface area contributed by atoms with Crippen molar-refractivity contribution in [3.8, 4) is 5.75 Å². The maximum atomic E-state index is 13.3. The maximum Gasteiger partial charge on any atom is 0.326 e. The largest absolute Gasteiger partial charge is 0.508 e. The molecule has 44 heavy (non-hydrogen) atoms. The number of para-hydroxylation sites is 1. The third-order valence-electron chi connectivity index (χ3n) is 7.03. The molecular formula is C30H38N6O8. The number of aromatic amines is 1. The number of aromatic nitrogens is 1. The fourth-order valence-corrected chi connectivity index (χ4v) is 4.67. The first-order valence-corrected chi connectivity index (χ1v) is 14.1. The van der Waals surface area contributed by atoms with E-state index in [-0.39, 0.29) is 25.0 Å². The minimum atomic E-state index is -1.63. The predicted molar refractivity (Wildman–Crippen MR) is 160 cm³/mol. The summed E-state index contributed by atoms with van der Waals surface area (Å²) in [7, 11) is 0. The van der Waals surface area contributed by atoms with Gasteiger partial charge in [0.25, 0.3) is 0 Å². The van der Waals surface area contributed by atoms with Crippen LogP contribution in [0.4, 0.5) is 0 Å². The molecule has 3 aromatic rings.